The number of hydrogen-bond acceptors (Lipinski definition) is 3. The summed E-state index contributed by atoms with van der Waals surface area (Å²) in [4.78, 5) is 4.25. The summed E-state index contributed by atoms with van der Waals surface area (Å²) in [5.74, 6) is 0.733. The largest absolute Gasteiger partial charge is 0.272 e. The van der Waals surface area contributed by atoms with Crippen molar-refractivity contribution >= 4 is 16.9 Å². The molecule has 13 heavy (non-hydrogen) atoms. The van der Waals surface area contributed by atoms with E-state index in [-0.39, 0.29) is 0 Å². The maximum atomic E-state index is 8.36. The Balaban J connectivity index is 3.62. The predicted octanol–water partition coefficient (Wildman–Crippen LogP) is 2.21. The average Bonchev–Trinajstić information content (AvgIpc) is 2.10. The molecule has 0 atom stereocenters. The van der Waals surface area contributed by atoms with Crippen LogP contribution in [-0.2, 0) is 0 Å². The predicted molar refractivity (Wildman–Crippen MR) is 58.6 cm³/mol. The molecule has 0 aliphatic carbocycles. The lowest BCUT2D eigenvalue weighted by Gasteiger charge is -2.02. The van der Waals surface area contributed by atoms with Gasteiger partial charge in [0, 0.05) is 6.54 Å². The highest BCUT2D eigenvalue weighted by atomic mass is 32.2. The van der Waals surface area contributed by atoms with E-state index >= 15 is 0 Å². The number of nitriles is 1. The first kappa shape index (κ1) is 12.3. The van der Waals surface area contributed by atoms with E-state index in [1.165, 1.54) is 18.2 Å². The third-order valence-electron chi connectivity index (χ3n) is 1.55. The van der Waals surface area contributed by atoms with E-state index in [4.69, 9.17) is 5.26 Å². The van der Waals surface area contributed by atoms with Gasteiger partial charge in [0.15, 0.2) is 11.4 Å². The number of rotatable bonds is 4. The zero-order chi connectivity index (χ0) is 10.1. The van der Waals surface area contributed by atoms with Crippen LogP contribution in [0.2, 0.25) is 0 Å². The molecule has 0 aliphatic rings. The fourth-order valence-electron chi connectivity index (χ4n) is 0.883. The van der Waals surface area contributed by atoms with Crippen LogP contribution in [0.3, 0.4) is 0 Å². The first-order valence-electron chi connectivity index (χ1n) is 4.44. The van der Waals surface area contributed by atoms with Crippen molar-refractivity contribution in [1.82, 2.24) is 5.32 Å². The molecule has 0 aromatic rings. The second kappa shape index (κ2) is 7.93. The van der Waals surface area contributed by atoms with Crippen molar-refractivity contribution in [2.45, 2.75) is 26.7 Å². The fourth-order valence-corrected chi connectivity index (χ4v) is 1.25. The average molecular weight is 199 g/mol. The quantitative estimate of drug-likeness (QED) is 0.248. The van der Waals surface area contributed by atoms with Gasteiger partial charge in [0.25, 0.3) is 0 Å². The van der Waals surface area contributed by atoms with Crippen molar-refractivity contribution < 1.29 is 0 Å². The fraction of sp³-hybridized carbons (Fsp3) is 0.778. The molecule has 0 spiro atoms. The van der Waals surface area contributed by atoms with E-state index in [2.05, 4.69) is 24.2 Å². The number of aliphatic imine (C=N–C) groups is 1. The number of nitrogens with one attached hydrogen (secondary N) is 1. The molecule has 74 valence electrons. The van der Waals surface area contributed by atoms with Crippen molar-refractivity contribution in [1.29, 1.82) is 5.26 Å². The molecule has 0 saturated carbocycles. The SMILES string of the molecule is CSC(=NCCCC(C)C)NC#N. The third kappa shape index (κ3) is 7.66. The molecule has 0 unspecified atom stereocenters. The minimum absolute atomic E-state index is 0.714. The van der Waals surface area contributed by atoms with E-state index in [1.54, 1.807) is 0 Å². The van der Waals surface area contributed by atoms with Crippen LogP contribution in [0.1, 0.15) is 26.7 Å². The van der Waals surface area contributed by atoms with Gasteiger partial charge in [-0.2, -0.15) is 5.26 Å². The van der Waals surface area contributed by atoms with Gasteiger partial charge in [0.2, 0.25) is 0 Å². The van der Waals surface area contributed by atoms with Crippen LogP contribution in [-0.4, -0.2) is 18.0 Å². The molecule has 0 fully saturated rings. The summed E-state index contributed by atoms with van der Waals surface area (Å²) in [6.07, 6.45) is 6.06. The minimum Gasteiger partial charge on any atom is -0.272 e. The van der Waals surface area contributed by atoms with Gasteiger partial charge >= 0.3 is 0 Å². The Morgan fingerprint density at radius 1 is 1.62 bits per heavy atom. The second-order valence-electron chi connectivity index (χ2n) is 3.16. The molecule has 0 saturated heterocycles. The molecule has 0 radical (unpaired) electrons. The van der Waals surface area contributed by atoms with E-state index in [9.17, 15) is 0 Å². The van der Waals surface area contributed by atoms with E-state index in [1.807, 2.05) is 12.4 Å². The van der Waals surface area contributed by atoms with E-state index < -0.39 is 0 Å². The number of nitrogens with zero attached hydrogens (tertiary/aromatic N) is 2. The molecule has 0 amide bonds. The summed E-state index contributed by atoms with van der Waals surface area (Å²) in [6.45, 7) is 5.21. The van der Waals surface area contributed by atoms with Crippen molar-refractivity contribution in [2.75, 3.05) is 12.8 Å². The topological polar surface area (TPSA) is 48.2 Å². The van der Waals surface area contributed by atoms with Gasteiger partial charge < -0.3 is 0 Å². The Morgan fingerprint density at radius 2 is 2.31 bits per heavy atom. The molecule has 0 heterocycles. The number of thioether (sulfide) groups is 1. The molecule has 1 N–H and O–H groups in total. The van der Waals surface area contributed by atoms with Crippen LogP contribution in [0.5, 0.6) is 0 Å². The summed E-state index contributed by atoms with van der Waals surface area (Å²) in [5.41, 5.74) is 0. The van der Waals surface area contributed by atoms with Gasteiger partial charge in [-0.05, 0) is 25.0 Å². The molecule has 4 heteroatoms. The van der Waals surface area contributed by atoms with Crippen LogP contribution in [0, 0.1) is 17.4 Å². The highest BCUT2D eigenvalue weighted by molar-refractivity contribution is 8.13. The lowest BCUT2D eigenvalue weighted by atomic mass is 10.1. The van der Waals surface area contributed by atoms with Crippen molar-refractivity contribution in [3.8, 4) is 6.19 Å². The standard InChI is InChI=1S/C9H17N3S/c1-8(2)5-4-6-11-9(13-3)12-7-10/h8H,4-6H2,1-3H3,(H,11,12). The Kier molecular flexibility index (Phi) is 7.51. The maximum Gasteiger partial charge on any atom is 0.183 e. The smallest absolute Gasteiger partial charge is 0.183 e. The Labute approximate surface area is 84.6 Å². The summed E-state index contributed by atoms with van der Waals surface area (Å²) >= 11 is 1.47. The van der Waals surface area contributed by atoms with Gasteiger partial charge in [0.1, 0.15) is 0 Å². The third-order valence-corrected chi connectivity index (χ3v) is 2.17. The second-order valence-corrected chi connectivity index (χ2v) is 3.96. The van der Waals surface area contributed by atoms with Gasteiger partial charge in [-0.15, -0.1) is 0 Å². The normalized spacial score (nSPS) is 11.5. The first-order valence-corrected chi connectivity index (χ1v) is 5.66. The van der Waals surface area contributed by atoms with Gasteiger partial charge in [-0.3, -0.25) is 10.3 Å². The molecule has 0 aromatic carbocycles. The van der Waals surface area contributed by atoms with Crippen LogP contribution >= 0.6 is 11.8 Å². The van der Waals surface area contributed by atoms with E-state index in [0.29, 0.717) is 5.17 Å². The van der Waals surface area contributed by atoms with Gasteiger partial charge in [-0.25, -0.2) is 0 Å². The van der Waals surface area contributed by atoms with Crippen molar-refractivity contribution in [2.24, 2.45) is 10.9 Å². The molecule has 3 nitrogen and oxygen atoms in total. The highest BCUT2D eigenvalue weighted by Crippen LogP contribution is 2.04. The summed E-state index contributed by atoms with van der Waals surface area (Å²) in [5, 5.41) is 11.6. The molecule has 0 rings (SSSR count). The number of amidine groups is 1. The van der Waals surface area contributed by atoms with Crippen molar-refractivity contribution in [3.63, 3.8) is 0 Å². The summed E-state index contributed by atoms with van der Waals surface area (Å²) in [6, 6.07) is 0. The maximum absolute atomic E-state index is 8.36. The van der Waals surface area contributed by atoms with Crippen LogP contribution in [0.15, 0.2) is 4.99 Å². The van der Waals surface area contributed by atoms with Crippen LogP contribution in [0.25, 0.3) is 0 Å². The minimum atomic E-state index is 0.714. The molecule has 0 bridgehead atoms. The zero-order valence-electron chi connectivity index (χ0n) is 8.50. The Bertz CT molecular complexity index is 194. The lowest BCUT2D eigenvalue weighted by molar-refractivity contribution is 0.561. The zero-order valence-corrected chi connectivity index (χ0v) is 9.32. The Morgan fingerprint density at radius 3 is 2.77 bits per heavy atom. The molecule has 0 aliphatic heterocycles. The molecular formula is C9H17N3S. The highest BCUT2D eigenvalue weighted by Gasteiger charge is 1.95. The van der Waals surface area contributed by atoms with E-state index in [0.717, 1.165) is 18.9 Å². The Hall–Kier alpha value is -0.690. The number of hydrogen-bond donors (Lipinski definition) is 1. The molecule has 0 aromatic heterocycles. The van der Waals surface area contributed by atoms with Gasteiger partial charge in [-0.1, -0.05) is 25.6 Å². The first-order chi connectivity index (χ1) is 6.20. The molecular weight excluding hydrogens is 182 g/mol. The van der Waals surface area contributed by atoms with Crippen molar-refractivity contribution in [3.05, 3.63) is 0 Å². The van der Waals surface area contributed by atoms with Crippen LogP contribution in [0.4, 0.5) is 0 Å². The summed E-state index contributed by atoms with van der Waals surface area (Å²) < 4.78 is 0. The monoisotopic (exact) mass is 199 g/mol. The lowest BCUT2D eigenvalue weighted by Crippen LogP contribution is -2.13. The van der Waals surface area contributed by atoms with Gasteiger partial charge in [0.05, 0.1) is 0 Å². The summed E-state index contributed by atoms with van der Waals surface area (Å²) in [7, 11) is 0. The van der Waals surface area contributed by atoms with Crippen LogP contribution < -0.4 is 5.32 Å².